The molecule has 1 rings (SSSR count). The van der Waals surface area contributed by atoms with Gasteiger partial charge >= 0.3 is 0 Å². The van der Waals surface area contributed by atoms with E-state index < -0.39 is 0 Å². The lowest BCUT2D eigenvalue weighted by molar-refractivity contribution is 0.231. The Morgan fingerprint density at radius 3 is 2.43 bits per heavy atom. The molecular formula is C17H30FIN4. The molecule has 0 spiro atoms. The van der Waals surface area contributed by atoms with Gasteiger partial charge in [0.15, 0.2) is 5.96 Å². The molecule has 1 unspecified atom stereocenters. The average Bonchev–Trinajstić information content (AvgIpc) is 2.53. The van der Waals surface area contributed by atoms with Gasteiger partial charge in [0.2, 0.25) is 0 Å². The Balaban J connectivity index is 0.00000484. The molecule has 1 aromatic rings. The molecule has 0 heterocycles. The monoisotopic (exact) mass is 436 g/mol. The van der Waals surface area contributed by atoms with Crippen molar-refractivity contribution < 1.29 is 4.39 Å². The number of hydrogen-bond donors (Lipinski definition) is 2. The maximum Gasteiger partial charge on any atom is 0.191 e. The van der Waals surface area contributed by atoms with Gasteiger partial charge in [0.1, 0.15) is 5.82 Å². The Morgan fingerprint density at radius 1 is 1.22 bits per heavy atom. The smallest absolute Gasteiger partial charge is 0.191 e. The number of likely N-dealkylation sites (N-methyl/N-ethyl adjacent to an activating group) is 1. The van der Waals surface area contributed by atoms with Crippen LogP contribution in [0.5, 0.6) is 0 Å². The van der Waals surface area contributed by atoms with Crippen LogP contribution >= 0.6 is 24.0 Å². The van der Waals surface area contributed by atoms with Gasteiger partial charge in [0.05, 0.1) is 0 Å². The van der Waals surface area contributed by atoms with E-state index in [9.17, 15) is 4.39 Å². The largest absolute Gasteiger partial charge is 0.356 e. The number of halogens is 2. The molecule has 4 nitrogen and oxygen atoms in total. The minimum absolute atomic E-state index is 0. The van der Waals surface area contributed by atoms with Gasteiger partial charge in [-0.15, -0.1) is 24.0 Å². The summed E-state index contributed by atoms with van der Waals surface area (Å²) in [5.41, 5.74) is 0.724. The van der Waals surface area contributed by atoms with Crippen LogP contribution in [-0.2, 0) is 6.42 Å². The van der Waals surface area contributed by atoms with Crippen LogP contribution in [0.4, 0.5) is 4.39 Å². The number of nitrogens with zero attached hydrogens (tertiary/aromatic N) is 2. The summed E-state index contributed by atoms with van der Waals surface area (Å²) in [4.78, 5) is 6.60. The van der Waals surface area contributed by atoms with Crippen LogP contribution in [-0.4, -0.2) is 50.1 Å². The molecular weight excluding hydrogens is 406 g/mol. The second-order valence-electron chi connectivity index (χ2n) is 5.29. The Hall–Kier alpha value is -0.890. The van der Waals surface area contributed by atoms with E-state index in [-0.39, 0.29) is 29.8 Å². The van der Waals surface area contributed by atoms with E-state index in [1.165, 1.54) is 6.07 Å². The van der Waals surface area contributed by atoms with Crippen molar-refractivity contribution in [3.05, 3.63) is 35.6 Å². The van der Waals surface area contributed by atoms with Gasteiger partial charge in [-0.1, -0.05) is 32.0 Å². The number of rotatable bonds is 8. The third-order valence-corrected chi connectivity index (χ3v) is 3.87. The van der Waals surface area contributed by atoms with Crippen LogP contribution in [0.25, 0.3) is 0 Å². The Bertz CT molecular complexity index is 464. The topological polar surface area (TPSA) is 39.7 Å². The van der Waals surface area contributed by atoms with Crippen LogP contribution in [0.1, 0.15) is 26.3 Å². The summed E-state index contributed by atoms with van der Waals surface area (Å²) in [6.07, 6.45) is 0.638. The predicted molar refractivity (Wildman–Crippen MR) is 107 cm³/mol. The lowest BCUT2D eigenvalue weighted by Gasteiger charge is -2.27. The van der Waals surface area contributed by atoms with Gasteiger partial charge in [-0.05, 0) is 38.1 Å². The van der Waals surface area contributed by atoms with Crippen LogP contribution in [0.15, 0.2) is 29.3 Å². The Morgan fingerprint density at radius 2 is 1.87 bits per heavy atom. The summed E-state index contributed by atoms with van der Waals surface area (Å²) in [5, 5.41) is 6.55. The van der Waals surface area contributed by atoms with Gasteiger partial charge in [0.25, 0.3) is 0 Å². The first-order valence-electron chi connectivity index (χ1n) is 8.04. The number of guanidine groups is 1. The fourth-order valence-corrected chi connectivity index (χ4v) is 2.46. The molecule has 0 radical (unpaired) electrons. The highest BCUT2D eigenvalue weighted by Gasteiger charge is 2.10. The standard InChI is InChI=1S/C17H29FN4.HI/c1-5-22(6-2)14(3)13-21-17(19-4)20-12-11-15-9-7-8-10-16(15)18;/h7-10,14H,5-6,11-13H2,1-4H3,(H2,19,20,21);1H. The molecule has 132 valence electrons. The van der Waals surface area contributed by atoms with Crippen molar-refractivity contribution in [3.63, 3.8) is 0 Å². The molecule has 0 fully saturated rings. The number of nitrogens with one attached hydrogen (secondary N) is 2. The molecule has 0 aromatic heterocycles. The van der Waals surface area contributed by atoms with E-state index in [1.807, 2.05) is 12.1 Å². The number of benzene rings is 1. The molecule has 1 aromatic carbocycles. The third-order valence-electron chi connectivity index (χ3n) is 3.87. The third kappa shape index (κ3) is 7.97. The first kappa shape index (κ1) is 22.1. The van der Waals surface area contributed by atoms with Crippen molar-refractivity contribution in [1.82, 2.24) is 15.5 Å². The quantitative estimate of drug-likeness (QED) is 0.374. The van der Waals surface area contributed by atoms with E-state index in [0.29, 0.717) is 19.0 Å². The molecule has 0 saturated carbocycles. The molecule has 2 N–H and O–H groups in total. The van der Waals surface area contributed by atoms with E-state index in [2.05, 4.69) is 41.3 Å². The normalized spacial score (nSPS) is 12.7. The molecule has 23 heavy (non-hydrogen) atoms. The number of aliphatic imine (C=N–C) groups is 1. The van der Waals surface area contributed by atoms with Crippen molar-refractivity contribution in [3.8, 4) is 0 Å². The summed E-state index contributed by atoms with van der Waals surface area (Å²) in [6.45, 7) is 10.1. The van der Waals surface area contributed by atoms with Crippen molar-refractivity contribution in [2.75, 3.05) is 33.2 Å². The zero-order valence-electron chi connectivity index (χ0n) is 14.6. The highest BCUT2D eigenvalue weighted by atomic mass is 127. The zero-order valence-corrected chi connectivity index (χ0v) is 16.9. The zero-order chi connectivity index (χ0) is 16.4. The van der Waals surface area contributed by atoms with Crippen LogP contribution in [0.2, 0.25) is 0 Å². The Kier molecular flexibility index (Phi) is 12.0. The summed E-state index contributed by atoms with van der Waals surface area (Å²) >= 11 is 0. The predicted octanol–water partition coefficient (Wildman–Crippen LogP) is 2.88. The Labute approximate surface area is 157 Å². The molecule has 0 bridgehead atoms. The maximum absolute atomic E-state index is 13.5. The van der Waals surface area contributed by atoms with Crippen LogP contribution in [0, 0.1) is 5.82 Å². The lowest BCUT2D eigenvalue weighted by Crippen LogP contribution is -2.46. The van der Waals surface area contributed by atoms with E-state index in [1.54, 1.807) is 13.1 Å². The van der Waals surface area contributed by atoms with Gasteiger partial charge in [-0.3, -0.25) is 9.89 Å². The second kappa shape index (κ2) is 12.5. The van der Waals surface area contributed by atoms with Crippen molar-refractivity contribution >= 4 is 29.9 Å². The minimum Gasteiger partial charge on any atom is -0.356 e. The van der Waals surface area contributed by atoms with E-state index in [4.69, 9.17) is 0 Å². The first-order valence-corrected chi connectivity index (χ1v) is 8.04. The molecule has 0 aliphatic carbocycles. The van der Waals surface area contributed by atoms with Crippen molar-refractivity contribution in [2.45, 2.75) is 33.2 Å². The lowest BCUT2D eigenvalue weighted by atomic mass is 10.1. The molecule has 1 atom stereocenters. The number of hydrogen-bond acceptors (Lipinski definition) is 2. The highest BCUT2D eigenvalue weighted by Crippen LogP contribution is 2.06. The SMILES string of the molecule is CCN(CC)C(C)CNC(=NC)NCCc1ccccc1F.I. The summed E-state index contributed by atoms with van der Waals surface area (Å²) in [6, 6.07) is 7.32. The fraction of sp³-hybridized carbons (Fsp3) is 0.588. The van der Waals surface area contributed by atoms with Gasteiger partial charge in [-0.2, -0.15) is 0 Å². The van der Waals surface area contributed by atoms with Gasteiger partial charge in [0, 0.05) is 26.2 Å². The summed E-state index contributed by atoms with van der Waals surface area (Å²) < 4.78 is 13.5. The van der Waals surface area contributed by atoms with Crippen molar-refractivity contribution in [1.29, 1.82) is 0 Å². The first-order chi connectivity index (χ1) is 10.6. The molecule has 0 aliphatic rings. The molecule has 6 heteroatoms. The van der Waals surface area contributed by atoms with E-state index in [0.717, 1.165) is 31.2 Å². The van der Waals surface area contributed by atoms with Crippen LogP contribution in [0.3, 0.4) is 0 Å². The molecule has 0 saturated heterocycles. The summed E-state index contributed by atoms with van der Waals surface area (Å²) in [7, 11) is 1.75. The maximum atomic E-state index is 13.5. The average molecular weight is 436 g/mol. The van der Waals surface area contributed by atoms with Gasteiger partial charge < -0.3 is 10.6 Å². The van der Waals surface area contributed by atoms with Gasteiger partial charge in [-0.25, -0.2) is 4.39 Å². The molecule has 0 amide bonds. The fourth-order valence-electron chi connectivity index (χ4n) is 2.46. The second-order valence-corrected chi connectivity index (χ2v) is 5.29. The van der Waals surface area contributed by atoms with Crippen LogP contribution < -0.4 is 10.6 Å². The molecule has 0 aliphatic heterocycles. The minimum atomic E-state index is -0.151. The van der Waals surface area contributed by atoms with Crippen molar-refractivity contribution in [2.24, 2.45) is 4.99 Å². The highest BCUT2D eigenvalue weighted by molar-refractivity contribution is 14.0. The summed E-state index contributed by atoms with van der Waals surface area (Å²) in [5.74, 6) is 0.609. The van der Waals surface area contributed by atoms with E-state index >= 15 is 0 Å².